The van der Waals surface area contributed by atoms with E-state index in [9.17, 15) is 0 Å². The molecule has 0 unspecified atom stereocenters. The van der Waals surface area contributed by atoms with Crippen LogP contribution in [0.15, 0.2) is 4.99 Å². The minimum atomic E-state index is 0.0761. The molecule has 12 heavy (non-hydrogen) atoms. The van der Waals surface area contributed by atoms with Crippen LogP contribution in [0.5, 0.6) is 0 Å². The van der Waals surface area contributed by atoms with Gasteiger partial charge in [0, 0.05) is 13.1 Å². The van der Waals surface area contributed by atoms with Gasteiger partial charge in [-0.15, -0.1) is 0 Å². The molecule has 0 aromatic heterocycles. The van der Waals surface area contributed by atoms with Gasteiger partial charge in [-0.3, -0.25) is 4.99 Å². The summed E-state index contributed by atoms with van der Waals surface area (Å²) < 4.78 is 0. The predicted molar refractivity (Wildman–Crippen MR) is 53.7 cm³/mol. The van der Waals surface area contributed by atoms with Crippen molar-refractivity contribution in [3.8, 4) is 0 Å². The van der Waals surface area contributed by atoms with E-state index in [0.717, 1.165) is 0 Å². The third kappa shape index (κ3) is 2.84. The smallest absolute Gasteiger partial charge is 0.0964 e. The van der Waals surface area contributed by atoms with E-state index in [-0.39, 0.29) is 5.54 Å². The van der Waals surface area contributed by atoms with Crippen molar-refractivity contribution in [1.29, 1.82) is 0 Å². The van der Waals surface area contributed by atoms with Crippen molar-refractivity contribution in [2.24, 2.45) is 4.99 Å². The van der Waals surface area contributed by atoms with Gasteiger partial charge in [-0.2, -0.15) is 0 Å². The second-order valence-electron chi connectivity index (χ2n) is 4.52. The molecule has 0 N–H and O–H groups in total. The van der Waals surface area contributed by atoms with E-state index in [1.54, 1.807) is 0 Å². The molecule has 0 bridgehead atoms. The Morgan fingerprint density at radius 3 is 2.08 bits per heavy atom. The van der Waals surface area contributed by atoms with Crippen LogP contribution in [-0.4, -0.2) is 29.4 Å². The Morgan fingerprint density at radius 1 is 1.17 bits per heavy atom. The third-order valence-electron chi connectivity index (χ3n) is 2.06. The number of rotatable bonds is 0. The summed E-state index contributed by atoms with van der Waals surface area (Å²) >= 11 is 0. The Balaban J connectivity index is 2.56. The summed E-state index contributed by atoms with van der Waals surface area (Å²) in [4.78, 5) is 7.01. The van der Waals surface area contributed by atoms with Gasteiger partial charge in [0.1, 0.15) is 0 Å². The molecule has 0 aromatic rings. The average molecular weight is 168 g/mol. The molecule has 2 nitrogen and oxygen atoms in total. The van der Waals surface area contributed by atoms with Crippen LogP contribution in [0.25, 0.3) is 0 Å². The highest BCUT2D eigenvalue weighted by atomic mass is 15.2. The Bertz CT molecular complexity index is 171. The summed E-state index contributed by atoms with van der Waals surface area (Å²) in [6.45, 7) is 11.0. The van der Waals surface area contributed by atoms with E-state index in [1.807, 2.05) is 0 Å². The molecule has 0 saturated carbocycles. The van der Waals surface area contributed by atoms with Crippen molar-refractivity contribution in [3.05, 3.63) is 0 Å². The van der Waals surface area contributed by atoms with E-state index in [4.69, 9.17) is 0 Å². The van der Waals surface area contributed by atoms with Gasteiger partial charge >= 0.3 is 0 Å². The summed E-state index contributed by atoms with van der Waals surface area (Å²) in [5, 5.41) is 0. The maximum atomic E-state index is 4.63. The van der Waals surface area contributed by atoms with Crippen molar-refractivity contribution < 1.29 is 0 Å². The maximum absolute atomic E-state index is 4.63. The number of likely N-dealkylation sites (tertiary alicyclic amines) is 1. The van der Waals surface area contributed by atoms with Gasteiger partial charge in [-0.1, -0.05) is 0 Å². The lowest BCUT2D eigenvalue weighted by Gasteiger charge is -2.21. The number of amidine groups is 1. The van der Waals surface area contributed by atoms with E-state index < -0.39 is 0 Å². The number of nitrogens with zero attached hydrogens (tertiary/aromatic N) is 2. The van der Waals surface area contributed by atoms with Crippen LogP contribution in [0.3, 0.4) is 0 Å². The van der Waals surface area contributed by atoms with Crippen molar-refractivity contribution in [2.45, 2.75) is 46.1 Å². The Hall–Kier alpha value is -0.530. The lowest BCUT2D eigenvalue weighted by Crippen LogP contribution is -2.28. The predicted octanol–water partition coefficient (Wildman–Crippen LogP) is 2.30. The summed E-state index contributed by atoms with van der Waals surface area (Å²) in [6.07, 6.45) is 2.66. The van der Waals surface area contributed by atoms with Crippen LogP contribution in [0.4, 0.5) is 0 Å². The van der Waals surface area contributed by atoms with Crippen molar-refractivity contribution >= 4 is 5.84 Å². The van der Waals surface area contributed by atoms with Crippen LogP contribution in [0.1, 0.15) is 40.5 Å². The van der Waals surface area contributed by atoms with Crippen molar-refractivity contribution in [2.75, 3.05) is 13.1 Å². The van der Waals surface area contributed by atoms with Crippen LogP contribution < -0.4 is 0 Å². The van der Waals surface area contributed by atoms with Crippen molar-refractivity contribution in [1.82, 2.24) is 4.90 Å². The molecule has 2 heteroatoms. The zero-order valence-electron chi connectivity index (χ0n) is 8.72. The van der Waals surface area contributed by atoms with Gasteiger partial charge < -0.3 is 4.90 Å². The van der Waals surface area contributed by atoms with Gasteiger partial charge in [-0.25, -0.2) is 0 Å². The second kappa shape index (κ2) is 3.46. The molecule has 0 atom stereocenters. The Labute approximate surface area is 75.7 Å². The SMILES string of the molecule is C/C(=N\C(C)(C)C)N1CCCC1. The van der Waals surface area contributed by atoms with Crippen LogP contribution in [0, 0.1) is 0 Å². The van der Waals surface area contributed by atoms with Gasteiger partial charge in [0.15, 0.2) is 0 Å². The average Bonchev–Trinajstić information content (AvgIpc) is 2.32. The molecule has 0 aromatic carbocycles. The Morgan fingerprint density at radius 2 is 1.67 bits per heavy atom. The molecule has 0 amide bonds. The normalized spacial score (nSPS) is 20.3. The van der Waals surface area contributed by atoms with Gasteiger partial charge in [-0.05, 0) is 40.5 Å². The number of hydrogen-bond acceptors (Lipinski definition) is 1. The lowest BCUT2D eigenvalue weighted by atomic mass is 10.1. The molecule has 70 valence electrons. The topological polar surface area (TPSA) is 15.6 Å². The zero-order chi connectivity index (χ0) is 9.19. The number of aliphatic imine (C=N–C) groups is 1. The fourth-order valence-electron chi connectivity index (χ4n) is 1.60. The molecule has 1 heterocycles. The molecular weight excluding hydrogens is 148 g/mol. The quantitative estimate of drug-likeness (QED) is 0.400. The number of hydrogen-bond donors (Lipinski definition) is 0. The molecule has 1 aliphatic heterocycles. The first-order valence-corrected chi connectivity index (χ1v) is 4.80. The van der Waals surface area contributed by atoms with Gasteiger partial charge in [0.05, 0.1) is 11.4 Å². The first-order chi connectivity index (χ1) is 5.49. The third-order valence-corrected chi connectivity index (χ3v) is 2.06. The zero-order valence-corrected chi connectivity index (χ0v) is 8.72. The Kier molecular flexibility index (Phi) is 2.76. The molecular formula is C10H20N2. The fourth-order valence-corrected chi connectivity index (χ4v) is 1.60. The highest BCUT2D eigenvalue weighted by Gasteiger charge is 2.15. The molecule has 1 fully saturated rings. The van der Waals surface area contributed by atoms with E-state index in [0.29, 0.717) is 0 Å². The molecule has 1 saturated heterocycles. The molecule has 1 rings (SSSR count). The largest absolute Gasteiger partial charge is 0.361 e. The highest BCUT2D eigenvalue weighted by molar-refractivity contribution is 5.80. The van der Waals surface area contributed by atoms with Gasteiger partial charge in [0.2, 0.25) is 0 Å². The van der Waals surface area contributed by atoms with Crippen LogP contribution in [0.2, 0.25) is 0 Å². The van der Waals surface area contributed by atoms with Crippen molar-refractivity contribution in [3.63, 3.8) is 0 Å². The highest BCUT2D eigenvalue weighted by Crippen LogP contribution is 2.12. The van der Waals surface area contributed by atoms with E-state index >= 15 is 0 Å². The fraction of sp³-hybridized carbons (Fsp3) is 0.900. The maximum Gasteiger partial charge on any atom is 0.0964 e. The first-order valence-electron chi connectivity index (χ1n) is 4.80. The van der Waals surface area contributed by atoms with E-state index in [2.05, 4.69) is 37.6 Å². The monoisotopic (exact) mass is 168 g/mol. The minimum absolute atomic E-state index is 0.0761. The molecule has 0 aliphatic carbocycles. The second-order valence-corrected chi connectivity index (χ2v) is 4.52. The molecule has 0 spiro atoms. The molecule has 1 aliphatic rings. The van der Waals surface area contributed by atoms with Crippen LogP contribution in [-0.2, 0) is 0 Å². The standard InChI is InChI=1S/C10H20N2/c1-9(11-10(2,3)4)12-7-5-6-8-12/h5-8H2,1-4H3/b11-9+. The minimum Gasteiger partial charge on any atom is -0.361 e. The first kappa shape index (κ1) is 9.56. The summed E-state index contributed by atoms with van der Waals surface area (Å²) in [5.41, 5.74) is 0.0761. The summed E-state index contributed by atoms with van der Waals surface area (Å²) in [6, 6.07) is 0. The van der Waals surface area contributed by atoms with Gasteiger partial charge in [0.25, 0.3) is 0 Å². The summed E-state index contributed by atoms with van der Waals surface area (Å²) in [7, 11) is 0. The van der Waals surface area contributed by atoms with E-state index in [1.165, 1.54) is 31.8 Å². The van der Waals surface area contributed by atoms with Crippen LogP contribution >= 0.6 is 0 Å². The summed E-state index contributed by atoms with van der Waals surface area (Å²) in [5.74, 6) is 1.21. The molecule has 0 radical (unpaired) electrons. The lowest BCUT2D eigenvalue weighted by molar-refractivity contribution is 0.491.